The molecule has 3 aromatic rings. The number of sulfonamides is 1. The van der Waals surface area contributed by atoms with Gasteiger partial charge in [0.1, 0.15) is 0 Å². The Kier molecular flexibility index (Phi) is 6.90. The number of aromatic carboxylic acids is 1. The van der Waals surface area contributed by atoms with E-state index in [1.54, 1.807) is 48.5 Å². The number of nitrogens with one attached hydrogen (secondary N) is 3. The third-order valence-electron chi connectivity index (χ3n) is 6.35. The first kappa shape index (κ1) is 23.8. The van der Waals surface area contributed by atoms with Crippen LogP contribution < -0.4 is 15.4 Å². The van der Waals surface area contributed by atoms with E-state index >= 15 is 0 Å². The van der Waals surface area contributed by atoms with E-state index in [9.17, 15) is 13.2 Å². The van der Waals surface area contributed by atoms with E-state index in [4.69, 9.17) is 5.11 Å². The van der Waals surface area contributed by atoms with Gasteiger partial charge in [0.25, 0.3) is 10.0 Å². The lowest BCUT2D eigenvalue weighted by Gasteiger charge is -2.29. The van der Waals surface area contributed by atoms with Gasteiger partial charge in [-0.15, -0.1) is 0 Å². The van der Waals surface area contributed by atoms with Crippen LogP contribution in [0.2, 0.25) is 0 Å². The summed E-state index contributed by atoms with van der Waals surface area (Å²) in [5, 5.41) is 15.3. The fraction of sp³-hybridized carbons (Fsp3) is 0.269. The Labute approximate surface area is 200 Å². The predicted octanol–water partition coefficient (Wildman–Crippen LogP) is 4.57. The Morgan fingerprint density at radius 3 is 2.44 bits per heavy atom. The van der Waals surface area contributed by atoms with Crippen LogP contribution in [-0.4, -0.2) is 32.6 Å². The predicted molar refractivity (Wildman–Crippen MR) is 134 cm³/mol. The molecular formula is C26H29N3O4S. The van der Waals surface area contributed by atoms with Crippen molar-refractivity contribution in [1.29, 1.82) is 0 Å². The van der Waals surface area contributed by atoms with Crippen molar-refractivity contribution < 1.29 is 18.3 Å². The minimum absolute atomic E-state index is 0.244. The minimum Gasteiger partial charge on any atom is -0.478 e. The quantitative estimate of drug-likeness (QED) is 0.437. The molecule has 0 bridgehead atoms. The Morgan fingerprint density at radius 1 is 1.00 bits per heavy atom. The zero-order valence-electron chi connectivity index (χ0n) is 19.2. The van der Waals surface area contributed by atoms with Crippen LogP contribution in [0.25, 0.3) is 0 Å². The van der Waals surface area contributed by atoms with E-state index in [-0.39, 0.29) is 6.04 Å². The van der Waals surface area contributed by atoms with Crippen molar-refractivity contribution in [2.24, 2.45) is 5.92 Å². The Morgan fingerprint density at radius 2 is 1.76 bits per heavy atom. The molecule has 2 aliphatic heterocycles. The molecular weight excluding hydrogens is 450 g/mol. The van der Waals surface area contributed by atoms with Gasteiger partial charge in [-0.1, -0.05) is 24.3 Å². The van der Waals surface area contributed by atoms with Gasteiger partial charge in [-0.25, -0.2) is 13.2 Å². The van der Waals surface area contributed by atoms with Gasteiger partial charge in [-0.3, -0.25) is 4.72 Å². The molecule has 2 heterocycles. The number of hydrogen-bond acceptors (Lipinski definition) is 5. The van der Waals surface area contributed by atoms with Crippen molar-refractivity contribution in [2.45, 2.75) is 31.2 Å². The molecule has 4 N–H and O–H groups in total. The van der Waals surface area contributed by atoms with Gasteiger partial charge in [0.05, 0.1) is 10.5 Å². The van der Waals surface area contributed by atoms with Crippen LogP contribution >= 0.6 is 0 Å². The fourth-order valence-corrected chi connectivity index (χ4v) is 5.39. The maximum absolute atomic E-state index is 12.8. The van der Waals surface area contributed by atoms with Gasteiger partial charge in [0, 0.05) is 24.0 Å². The van der Waals surface area contributed by atoms with Crippen molar-refractivity contribution >= 4 is 27.4 Å². The summed E-state index contributed by atoms with van der Waals surface area (Å²) in [6.07, 6.45) is 1.12. The van der Waals surface area contributed by atoms with Crippen LogP contribution in [0.4, 0.5) is 11.4 Å². The molecule has 7 nitrogen and oxygen atoms in total. The summed E-state index contributed by atoms with van der Waals surface area (Å²) in [5.74, 6) is -0.353. The van der Waals surface area contributed by atoms with Crippen molar-refractivity contribution in [3.8, 4) is 0 Å². The van der Waals surface area contributed by atoms with E-state index in [1.807, 2.05) is 32.0 Å². The highest BCUT2D eigenvalue weighted by Gasteiger charge is 2.34. The highest BCUT2D eigenvalue weighted by atomic mass is 32.2. The van der Waals surface area contributed by atoms with Gasteiger partial charge in [-0.05, 0) is 91.9 Å². The molecule has 0 aliphatic carbocycles. The summed E-state index contributed by atoms with van der Waals surface area (Å²) >= 11 is 0. The van der Waals surface area contributed by atoms with Gasteiger partial charge < -0.3 is 15.7 Å². The van der Waals surface area contributed by atoms with E-state index in [2.05, 4.69) is 15.4 Å². The highest BCUT2D eigenvalue weighted by Crippen LogP contribution is 2.39. The minimum atomic E-state index is -3.61. The van der Waals surface area contributed by atoms with E-state index in [0.29, 0.717) is 22.1 Å². The van der Waals surface area contributed by atoms with E-state index < -0.39 is 16.0 Å². The van der Waals surface area contributed by atoms with Crippen molar-refractivity contribution in [3.05, 3.63) is 89.0 Å². The number of carboxylic acids is 1. The first-order chi connectivity index (χ1) is 16.2. The summed E-state index contributed by atoms with van der Waals surface area (Å²) in [6, 6.07) is 19.5. The second-order valence-electron chi connectivity index (χ2n) is 8.69. The number of carbonyl (C=O) groups is 1. The summed E-state index contributed by atoms with van der Waals surface area (Å²) in [5.41, 5.74) is 5.21. The lowest BCUT2D eigenvalue weighted by molar-refractivity contribution is 0.0697. The average Bonchev–Trinajstić information content (AvgIpc) is 3.31. The Hall–Kier alpha value is -3.36. The molecule has 0 saturated carbocycles. The van der Waals surface area contributed by atoms with Crippen molar-refractivity contribution in [2.75, 3.05) is 23.1 Å². The molecule has 0 spiro atoms. The van der Waals surface area contributed by atoms with Crippen molar-refractivity contribution in [1.82, 2.24) is 5.32 Å². The van der Waals surface area contributed by atoms with Crippen LogP contribution in [0.3, 0.4) is 0 Å². The SMILES string of the molecule is Cc1ccc(NS(=O)(=O)c2ccc3c(c2)[C@H]2NCC[C@H]2CN3)cc1C.O=C(O)c1ccccc1. The summed E-state index contributed by atoms with van der Waals surface area (Å²) in [6.45, 7) is 5.91. The first-order valence-electron chi connectivity index (χ1n) is 11.2. The normalized spacial score (nSPS) is 18.5. The summed E-state index contributed by atoms with van der Waals surface area (Å²) in [4.78, 5) is 10.5. The van der Waals surface area contributed by atoms with Gasteiger partial charge in [0.15, 0.2) is 0 Å². The maximum Gasteiger partial charge on any atom is 0.335 e. The fourth-order valence-electron chi connectivity index (χ4n) is 4.31. The number of carboxylic acid groups (broad SMARTS) is 1. The van der Waals surface area contributed by atoms with Crippen LogP contribution in [-0.2, 0) is 10.0 Å². The number of fused-ring (bicyclic) bond motifs is 3. The van der Waals surface area contributed by atoms with Gasteiger partial charge in [0.2, 0.25) is 0 Å². The monoisotopic (exact) mass is 479 g/mol. The second-order valence-corrected chi connectivity index (χ2v) is 10.4. The molecule has 0 amide bonds. The number of rotatable bonds is 4. The number of anilines is 2. The molecule has 1 saturated heterocycles. The third-order valence-corrected chi connectivity index (χ3v) is 7.73. The number of aryl methyl sites for hydroxylation is 2. The molecule has 2 aliphatic rings. The van der Waals surface area contributed by atoms with E-state index in [0.717, 1.165) is 41.9 Å². The molecule has 8 heteroatoms. The second kappa shape index (κ2) is 9.87. The number of benzene rings is 3. The topological polar surface area (TPSA) is 108 Å². The zero-order chi connectivity index (χ0) is 24.3. The zero-order valence-corrected chi connectivity index (χ0v) is 20.0. The smallest absolute Gasteiger partial charge is 0.335 e. The lowest BCUT2D eigenvalue weighted by Crippen LogP contribution is -2.29. The van der Waals surface area contributed by atoms with Crippen LogP contribution in [0.5, 0.6) is 0 Å². The standard InChI is InChI=1S/C19H23N3O2S.C7H6O2/c1-12-3-4-15(9-13(12)2)22-25(23,24)16-5-6-18-17(10-16)19-14(11-21-18)7-8-20-19;8-7(9)6-4-2-1-3-5-6/h3-6,9-10,14,19-22H,7-8,11H2,1-2H3;1-5H,(H,8,9)/t14-,19-;/m0./s1. The molecule has 0 unspecified atom stereocenters. The largest absolute Gasteiger partial charge is 0.478 e. The maximum atomic E-state index is 12.8. The van der Waals surface area contributed by atoms with Crippen molar-refractivity contribution in [3.63, 3.8) is 0 Å². The Balaban J connectivity index is 0.000000257. The molecule has 178 valence electrons. The van der Waals surface area contributed by atoms with Crippen LogP contribution in [0, 0.1) is 19.8 Å². The third kappa shape index (κ3) is 5.24. The molecule has 2 atom stereocenters. The molecule has 34 heavy (non-hydrogen) atoms. The van der Waals surface area contributed by atoms with Crippen LogP contribution in [0.15, 0.2) is 71.6 Å². The summed E-state index contributed by atoms with van der Waals surface area (Å²) in [7, 11) is -3.61. The number of hydrogen-bond donors (Lipinski definition) is 4. The van der Waals surface area contributed by atoms with Crippen LogP contribution in [0.1, 0.15) is 39.5 Å². The molecule has 0 aromatic heterocycles. The summed E-state index contributed by atoms with van der Waals surface area (Å²) < 4.78 is 28.3. The molecule has 3 aromatic carbocycles. The van der Waals surface area contributed by atoms with Gasteiger partial charge in [-0.2, -0.15) is 0 Å². The first-order valence-corrected chi connectivity index (χ1v) is 12.7. The molecule has 0 radical (unpaired) electrons. The molecule has 5 rings (SSSR count). The Bertz CT molecular complexity index is 1290. The lowest BCUT2D eigenvalue weighted by atomic mass is 9.89. The van der Waals surface area contributed by atoms with E-state index in [1.165, 1.54) is 0 Å². The van der Waals surface area contributed by atoms with Gasteiger partial charge >= 0.3 is 5.97 Å². The molecule has 1 fully saturated rings. The highest BCUT2D eigenvalue weighted by molar-refractivity contribution is 7.92. The average molecular weight is 480 g/mol.